The van der Waals surface area contributed by atoms with Crippen LogP contribution in [-0.2, 0) is 6.54 Å². The molecule has 0 saturated carbocycles. The maximum absolute atomic E-state index is 9.57. The van der Waals surface area contributed by atoms with Crippen LogP contribution in [0.4, 0.5) is 17.2 Å². The number of nitrogens with zero attached hydrogens (tertiary/aromatic N) is 4. The summed E-state index contributed by atoms with van der Waals surface area (Å²) in [6, 6.07) is 24.8. The molecule has 2 N–H and O–H groups in total. The zero-order valence-corrected chi connectivity index (χ0v) is 15.3. The van der Waals surface area contributed by atoms with Gasteiger partial charge in [-0.05, 0) is 23.8 Å². The van der Waals surface area contributed by atoms with E-state index in [1.807, 2.05) is 28.8 Å². The van der Waals surface area contributed by atoms with Crippen LogP contribution in [0.3, 0.4) is 0 Å². The predicted octanol–water partition coefficient (Wildman–Crippen LogP) is 3.32. The van der Waals surface area contributed by atoms with Gasteiger partial charge >= 0.3 is 0 Å². The number of nitrogen functional groups attached to an aromatic ring is 1. The lowest BCUT2D eigenvalue weighted by Crippen LogP contribution is -2.47. The number of rotatable bonds is 4. The maximum Gasteiger partial charge on any atom is 0.133 e. The Kier molecular flexibility index (Phi) is 4.71. The Labute approximate surface area is 159 Å². The first-order valence-electron chi connectivity index (χ1n) is 9.24. The molecular formula is C22H23N5. The van der Waals surface area contributed by atoms with Crippen molar-refractivity contribution in [3.63, 3.8) is 0 Å². The molecule has 5 heteroatoms. The first-order chi connectivity index (χ1) is 13.3. The molecule has 2 aromatic carbocycles. The van der Waals surface area contributed by atoms with Crippen molar-refractivity contribution in [3.05, 3.63) is 78.0 Å². The third-order valence-electron chi connectivity index (χ3n) is 5.10. The standard InChI is InChI=1S/C22H23N5/c23-16-20-15-21(24)22(27(20)17-18-7-3-1-4-8-18)26-13-11-25(12-14-26)19-9-5-2-6-10-19/h1-10,15H,11-14,17,24H2. The summed E-state index contributed by atoms with van der Waals surface area (Å²) in [7, 11) is 0. The van der Waals surface area contributed by atoms with Gasteiger partial charge in [0.1, 0.15) is 17.6 Å². The van der Waals surface area contributed by atoms with Gasteiger partial charge in [-0.3, -0.25) is 0 Å². The summed E-state index contributed by atoms with van der Waals surface area (Å²) in [5, 5.41) is 9.57. The van der Waals surface area contributed by atoms with Gasteiger partial charge in [-0.1, -0.05) is 48.5 Å². The normalized spacial score (nSPS) is 14.2. The molecular weight excluding hydrogens is 334 g/mol. The van der Waals surface area contributed by atoms with E-state index in [1.165, 1.54) is 5.69 Å². The number of nitrogens with two attached hydrogens (primary N) is 1. The van der Waals surface area contributed by atoms with Crippen LogP contribution < -0.4 is 15.5 Å². The second-order valence-electron chi connectivity index (χ2n) is 6.80. The smallest absolute Gasteiger partial charge is 0.133 e. The van der Waals surface area contributed by atoms with Gasteiger partial charge in [0, 0.05) is 31.9 Å². The Bertz CT molecular complexity index is 932. The van der Waals surface area contributed by atoms with E-state index in [0.29, 0.717) is 17.9 Å². The number of hydrogen-bond donors (Lipinski definition) is 1. The zero-order valence-electron chi connectivity index (χ0n) is 15.3. The van der Waals surface area contributed by atoms with Crippen molar-refractivity contribution in [2.45, 2.75) is 6.54 Å². The molecule has 2 heterocycles. The van der Waals surface area contributed by atoms with Crippen LogP contribution in [0.15, 0.2) is 66.7 Å². The SMILES string of the molecule is N#Cc1cc(N)c(N2CCN(c3ccccc3)CC2)n1Cc1ccccc1. The van der Waals surface area contributed by atoms with E-state index in [2.05, 4.69) is 52.3 Å². The van der Waals surface area contributed by atoms with Crippen LogP contribution in [0.1, 0.15) is 11.3 Å². The molecule has 4 rings (SSSR count). The summed E-state index contributed by atoms with van der Waals surface area (Å²) in [5.41, 5.74) is 10.0. The number of aromatic nitrogens is 1. The molecule has 0 bridgehead atoms. The molecule has 0 radical (unpaired) electrons. The van der Waals surface area contributed by atoms with Crippen molar-refractivity contribution in [3.8, 4) is 6.07 Å². The Hall–Kier alpha value is -3.39. The molecule has 0 amide bonds. The van der Waals surface area contributed by atoms with Gasteiger partial charge in [0.15, 0.2) is 0 Å². The number of benzene rings is 2. The summed E-state index contributed by atoms with van der Waals surface area (Å²) in [4.78, 5) is 4.70. The summed E-state index contributed by atoms with van der Waals surface area (Å²) >= 11 is 0. The third kappa shape index (κ3) is 3.47. The third-order valence-corrected chi connectivity index (χ3v) is 5.10. The van der Waals surface area contributed by atoms with E-state index >= 15 is 0 Å². The molecule has 1 saturated heterocycles. The molecule has 5 nitrogen and oxygen atoms in total. The van der Waals surface area contributed by atoms with Gasteiger partial charge in [0.25, 0.3) is 0 Å². The largest absolute Gasteiger partial charge is 0.396 e. The summed E-state index contributed by atoms with van der Waals surface area (Å²) in [5.74, 6) is 0.961. The van der Waals surface area contributed by atoms with Crippen LogP contribution in [-0.4, -0.2) is 30.7 Å². The van der Waals surface area contributed by atoms with E-state index < -0.39 is 0 Å². The molecule has 1 aromatic heterocycles. The highest BCUT2D eigenvalue weighted by molar-refractivity contribution is 5.69. The van der Waals surface area contributed by atoms with Crippen molar-refractivity contribution >= 4 is 17.2 Å². The second-order valence-corrected chi connectivity index (χ2v) is 6.80. The molecule has 0 aliphatic carbocycles. The van der Waals surface area contributed by atoms with Gasteiger partial charge < -0.3 is 20.1 Å². The molecule has 0 atom stereocenters. The van der Waals surface area contributed by atoms with Gasteiger partial charge in [-0.15, -0.1) is 0 Å². The molecule has 27 heavy (non-hydrogen) atoms. The minimum Gasteiger partial charge on any atom is -0.396 e. The highest BCUT2D eigenvalue weighted by atomic mass is 15.3. The van der Waals surface area contributed by atoms with Gasteiger partial charge in [-0.25, -0.2) is 0 Å². The fourth-order valence-corrected chi connectivity index (χ4v) is 3.75. The predicted molar refractivity (Wildman–Crippen MR) is 110 cm³/mol. The molecule has 136 valence electrons. The van der Waals surface area contributed by atoms with E-state index in [9.17, 15) is 5.26 Å². The van der Waals surface area contributed by atoms with Crippen molar-refractivity contribution in [2.24, 2.45) is 0 Å². The van der Waals surface area contributed by atoms with E-state index in [1.54, 1.807) is 6.07 Å². The lowest BCUT2D eigenvalue weighted by molar-refractivity contribution is 0.630. The average molecular weight is 357 g/mol. The number of para-hydroxylation sites is 1. The summed E-state index contributed by atoms with van der Waals surface area (Å²) < 4.78 is 2.04. The molecule has 1 aliphatic rings. The highest BCUT2D eigenvalue weighted by Crippen LogP contribution is 2.30. The van der Waals surface area contributed by atoms with Gasteiger partial charge in [0.2, 0.25) is 0 Å². The minimum absolute atomic E-state index is 0.608. The molecule has 0 spiro atoms. The Morgan fingerprint density at radius 1 is 0.852 bits per heavy atom. The topological polar surface area (TPSA) is 61.2 Å². The van der Waals surface area contributed by atoms with Crippen molar-refractivity contribution in [2.75, 3.05) is 41.7 Å². The Morgan fingerprint density at radius 2 is 1.44 bits per heavy atom. The average Bonchev–Trinajstić information content (AvgIpc) is 3.04. The van der Waals surface area contributed by atoms with Crippen LogP contribution in [0.25, 0.3) is 0 Å². The maximum atomic E-state index is 9.57. The first kappa shape index (κ1) is 17.0. The second kappa shape index (κ2) is 7.46. The Balaban J connectivity index is 1.57. The number of piperazine rings is 1. The summed E-state index contributed by atoms with van der Waals surface area (Å²) in [6.07, 6.45) is 0. The molecule has 3 aromatic rings. The van der Waals surface area contributed by atoms with Crippen LogP contribution >= 0.6 is 0 Å². The minimum atomic E-state index is 0.608. The van der Waals surface area contributed by atoms with Crippen LogP contribution in [0.2, 0.25) is 0 Å². The quantitative estimate of drug-likeness (QED) is 0.778. The van der Waals surface area contributed by atoms with Crippen molar-refractivity contribution < 1.29 is 0 Å². The zero-order chi connectivity index (χ0) is 18.6. The first-order valence-corrected chi connectivity index (χ1v) is 9.24. The summed E-state index contributed by atoms with van der Waals surface area (Å²) in [6.45, 7) is 4.27. The fraction of sp³-hybridized carbons (Fsp3) is 0.227. The number of anilines is 3. The molecule has 0 unspecified atom stereocenters. The van der Waals surface area contributed by atoms with Gasteiger partial charge in [-0.2, -0.15) is 5.26 Å². The number of nitriles is 1. The lowest BCUT2D eigenvalue weighted by Gasteiger charge is -2.38. The molecule has 1 fully saturated rings. The lowest BCUT2D eigenvalue weighted by atomic mass is 10.2. The van der Waals surface area contributed by atoms with E-state index in [4.69, 9.17) is 5.73 Å². The van der Waals surface area contributed by atoms with E-state index in [-0.39, 0.29) is 0 Å². The van der Waals surface area contributed by atoms with E-state index in [0.717, 1.165) is 37.6 Å². The fourth-order valence-electron chi connectivity index (χ4n) is 3.75. The van der Waals surface area contributed by atoms with Gasteiger partial charge in [0.05, 0.1) is 12.2 Å². The molecule has 1 aliphatic heterocycles. The monoisotopic (exact) mass is 357 g/mol. The van der Waals surface area contributed by atoms with Crippen molar-refractivity contribution in [1.82, 2.24) is 4.57 Å². The van der Waals surface area contributed by atoms with Crippen molar-refractivity contribution in [1.29, 1.82) is 5.26 Å². The van der Waals surface area contributed by atoms with Crippen LogP contribution in [0, 0.1) is 11.3 Å². The Morgan fingerprint density at radius 3 is 2.07 bits per heavy atom. The van der Waals surface area contributed by atoms with Crippen LogP contribution in [0.5, 0.6) is 0 Å². The number of hydrogen-bond acceptors (Lipinski definition) is 4. The highest BCUT2D eigenvalue weighted by Gasteiger charge is 2.23.